The van der Waals surface area contributed by atoms with E-state index in [1.165, 1.54) is 6.07 Å². The Bertz CT molecular complexity index is 501. The Kier molecular flexibility index (Phi) is 3.49. The van der Waals surface area contributed by atoms with Gasteiger partial charge in [-0.3, -0.25) is 10.1 Å². The standard InChI is InChI=1S/C12H12F4N2O/c13-8-5-6(1-2-7(8)12(14,15)16)9-3-4-10(18-9)11(17)19/h1-2,5,9-10,18H,3-4H2,(H2,17,19)/t9-,10?/m1/s1. The Morgan fingerprint density at radius 2 is 2.00 bits per heavy atom. The van der Waals surface area contributed by atoms with Crippen LogP contribution in [0.2, 0.25) is 0 Å². The minimum atomic E-state index is -4.71. The molecule has 19 heavy (non-hydrogen) atoms. The molecule has 1 heterocycles. The number of carbonyl (C=O) groups excluding carboxylic acids is 1. The summed E-state index contributed by atoms with van der Waals surface area (Å²) in [6.07, 6.45) is -3.69. The molecule has 1 aliphatic rings. The monoisotopic (exact) mass is 276 g/mol. The SMILES string of the molecule is NC(=O)C1CC[C@H](c2ccc(C(F)(F)F)c(F)c2)N1. The summed E-state index contributed by atoms with van der Waals surface area (Å²) in [6, 6.07) is 1.91. The predicted octanol–water partition coefficient (Wildman–Crippen LogP) is 2.12. The van der Waals surface area contributed by atoms with Gasteiger partial charge in [0.05, 0.1) is 11.6 Å². The third kappa shape index (κ3) is 2.86. The van der Waals surface area contributed by atoms with Crippen LogP contribution in [-0.4, -0.2) is 11.9 Å². The van der Waals surface area contributed by atoms with E-state index in [2.05, 4.69) is 5.32 Å². The molecule has 3 nitrogen and oxygen atoms in total. The Hall–Kier alpha value is -1.63. The summed E-state index contributed by atoms with van der Waals surface area (Å²) in [5.41, 5.74) is 4.22. The van der Waals surface area contributed by atoms with E-state index in [1.807, 2.05) is 0 Å². The van der Waals surface area contributed by atoms with Crippen molar-refractivity contribution in [2.45, 2.75) is 31.1 Å². The minimum Gasteiger partial charge on any atom is -0.368 e. The summed E-state index contributed by atoms with van der Waals surface area (Å²) in [6.45, 7) is 0. The van der Waals surface area contributed by atoms with Crippen molar-refractivity contribution in [3.05, 3.63) is 35.1 Å². The summed E-state index contributed by atoms with van der Waals surface area (Å²) in [7, 11) is 0. The normalized spacial score (nSPS) is 23.6. The molecule has 0 aromatic heterocycles. The minimum absolute atomic E-state index is 0.353. The van der Waals surface area contributed by atoms with Crippen LogP contribution >= 0.6 is 0 Å². The average Bonchev–Trinajstić information content (AvgIpc) is 2.76. The van der Waals surface area contributed by atoms with Gasteiger partial charge in [-0.1, -0.05) is 6.07 Å². The molecule has 0 saturated carbocycles. The maximum absolute atomic E-state index is 13.4. The third-order valence-electron chi connectivity index (χ3n) is 3.19. The molecule has 1 saturated heterocycles. The van der Waals surface area contributed by atoms with Crippen molar-refractivity contribution in [1.29, 1.82) is 0 Å². The topological polar surface area (TPSA) is 55.1 Å². The number of hydrogen-bond acceptors (Lipinski definition) is 2. The van der Waals surface area contributed by atoms with Crippen LogP contribution in [0.5, 0.6) is 0 Å². The van der Waals surface area contributed by atoms with E-state index in [0.29, 0.717) is 24.5 Å². The van der Waals surface area contributed by atoms with Gasteiger partial charge in [0.15, 0.2) is 0 Å². The van der Waals surface area contributed by atoms with Gasteiger partial charge >= 0.3 is 6.18 Å². The van der Waals surface area contributed by atoms with Crippen molar-refractivity contribution >= 4 is 5.91 Å². The molecule has 104 valence electrons. The van der Waals surface area contributed by atoms with Crippen LogP contribution in [-0.2, 0) is 11.0 Å². The van der Waals surface area contributed by atoms with Gasteiger partial charge in [-0.15, -0.1) is 0 Å². The van der Waals surface area contributed by atoms with Crippen LogP contribution in [0, 0.1) is 5.82 Å². The number of hydrogen-bond donors (Lipinski definition) is 2. The van der Waals surface area contributed by atoms with Gasteiger partial charge in [0.25, 0.3) is 0 Å². The molecular formula is C12H12F4N2O. The molecule has 1 fully saturated rings. The number of benzene rings is 1. The van der Waals surface area contributed by atoms with Crippen LogP contribution < -0.4 is 11.1 Å². The summed E-state index contributed by atoms with van der Waals surface area (Å²) >= 11 is 0. The van der Waals surface area contributed by atoms with E-state index in [1.54, 1.807) is 0 Å². The van der Waals surface area contributed by atoms with Gasteiger partial charge in [0.2, 0.25) is 5.91 Å². The number of rotatable bonds is 2. The number of carbonyl (C=O) groups is 1. The lowest BCUT2D eigenvalue weighted by Crippen LogP contribution is -2.37. The van der Waals surface area contributed by atoms with Crippen molar-refractivity contribution in [2.75, 3.05) is 0 Å². The summed E-state index contributed by atoms with van der Waals surface area (Å²) in [5.74, 6) is -1.83. The number of amides is 1. The van der Waals surface area contributed by atoms with Crippen LogP contribution in [0.3, 0.4) is 0 Å². The van der Waals surface area contributed by atoms with Crippen molar-refractivity contribution in [3.63, 3.8) is 0 Å². The molecule has 3 N–H and O–H groups in total. The second kappa shape index (κ2) is 4.80. The maximum atomic E-state index is 13.4. The Morgan fingerprint density at radius 3 is 2.47 bits per heavy atom. The smallest absolute Gasteiger partial charge is 0.368 e. The first-order valence-electron chi connectivity index (χ1n) is 5.71. The first-order chi connectivity index (χ1) is 8.79. The second-order valence-corrected chi connectivity index (χ2v) is 4.49. The van der Waals surface area contributed by atoms with Crippen LogP contribution in [0.25, 0.3) is 0 Å². The molecule has 1 aromatic rings. The van der Waals surface area contributed by atoms with Crippen molar-refractivity contribution in [2.24, 2.45) is 5.73 Å². The Morgan fingerprint density at radius 1 is 1.32 bits per heavy atom. The van der Waals surface area contributed by atoms with Gasteiger partial charge in [-0.2, -0.15) is 13.2 Å². The van der Waals surface area contributed by atoms with Gasteiger partial charge in [-0.25, -0.2) is 4.39 Å². The number of alkyl halides is 3. The lowest BCUT2D eigenvalue weighted by atomic mass is 10.0. The van der Waals surface area contributed by atoms with E-state index < -0.39 is 29.5 Å². The van der Waals surface area contributed by atoms with Crippen molar-refractivity contribution < 1.29 is 22.4 Å². The zero-order valence-electron chi connectivity index (χ0n) is 9.80. The number of primary amides is 1. The highest BCUT2D eigenvalue weighted by Crippen LogP contribution is 2.34. The summed E-state index contributed by atoms with van der Waals surface area (Å²) in [4.78, 5) is 11.0. The quantitative estimate of drug-likeness (QED) is 0.813. The molecule has 1 amide bonds. The number of nitrogens with one attached hydrogen (secondary N) is 1. The lowest BCUT2D eigenvalue weighted by molar-refractivity contribution is -0.140. The van der Waals surface area contributed by atoms with E-state index in [0.717, 1.165) is 6.07 Å². The van der Waals surface area contributed by atoms with Crippen LogP contribution in [0.4, 0.5) is 17.6 Å². The zero-order valence-corrected chi connectivity index (χ0v) is 9.80. The fourth-order valence-electron chi connectivity index (χ4n) is 2.21. The summed E-state index contributed by atoms with van der Waals surface area (Å²) < 4.78 is 50.6. The molecule has 0 radical (unpaired) electrons. The van der Waals surface area contributed by atoms with E-state index >= 15 is 0 Å². The molecule has 1 aliphatic heterocycles. The number of halogens is 4. The third-order valence-corrected chi connectivity index (χ3v) is 3.19. The number of nitrogens with two attached hydrogens (primary N) is 1. The van der Waals surface area contributed by atoms with E-state index in [4.69, 9.17) is 5.73 Å². The van der Waals surface area contributed by atoms with Gasteiger partial charge in [0.1, 0.15) is 5.82 Å². The van der Waals surface area contributed by atoms with Gasteiger partial charge in [-0.05, 0) is 30.5 Å². The largest absolute Gasteiger partial charge is 0.419 e. The highest BCUT2D eigenvalue weighted by atomic mass is 19.4. The van der Waals surface area contributed by atoms with Crippen molar-refractivity contribution in [3.8, 4) is 0 Å². The molecule has 1 unspecified atom stereocenters. The molecule has 2 atom stereocenters. The summed E-state index contributed by atoms with van der Waals surface area (Å²) in [5, 5.41) is 2.87. The van der Waals surface area contributed by atoms with Crippen molar-refractivity contribution in [1.82, 2.24) is 5.32 Å². The fourth-order valence-corrected chi connectivity index (χ4v) is 2.21. The Balaban J connectivity index is 2.20. The van der Waals surface area contributed by atoms with Crippen LogP contribution in [0.1, 0.15) is 30.0 Å². The molecule has 2 rings (SSSR count). The zero-order chi connectivity index (χ0) is 14.2. The first kappa shape index (κ1) is 13.8. The Labute approximate surface area is 106 Å². The molecule has 0 bridgehead atoms. The van der Waals surface area contributed by atoms with E-state index in [9.17, 15) is 22.4 Å². The highest BCUT2D eigenvalue weighted by molar-refractivity contribution is 5.80. The first-order valence-corrected chi connectivity index (χ1v) is 5.71. The second-order valence-electron chi connectivity index (χ2n) is 4.49. The predicted molar refractivity (Wildman–Crippen MR) is 59.5 cm³/mol. The molecular weight excluding hydrogens is 264 g/mol. The van der Waals surface area contributed by atoms with Crippen LogP contribution in [0.15, 0.2) is 18.2 Å². The highest BCUT2D eigenvalue weighted by Gasteiger charge is 2.35. The molecule has 0 aliphatic carbocycles. The molecule has 0 spiro atoms. The lowest BCUT2D eigenvalue weighted by Gasteiger charge is -2.15. The molecule has 1 aromatic carbocycles. The van der Waals surface area contributed by atoms with E-state index in [-0.39, 0.29) is 6.04 Å². The van der Waals surface area contributed by atoms with Gasteiger partial charge in [0, 0.05) is 6.04 Å². The average molecular weight is 276 g/mol. The van der Waals surface area contributed by atoms with Gasteiger partial charge < -0.3 is 5.73 Å². The molecule has 7 heteroatoms. The fraction of sp³-hybridized carbons (Fsp3) is 0.417. The maximum Gasteiger partial charge on any atom is 0.419 e.